The van der Waals surface area contributed by atoms with E-state index in [9.17, 15) is 0 Å². The molecule has 0 bridgehead atoms. The van der Waals surface area contributed by atoms with Gasteiger partial charge in [0.25, 0.3) is 0 Å². The summed E-state index contributed by atoms with van der Waals surface area (Å²) in [6, 6.07) is 12.6. The Morgan fingerprint density at radius 2 is 1.62 bits per heavy atom. The van der Waals surface area contributed by atoms with Gasteiger partial charge < -0.3 is 14.8 Å². The molecule has 0 heterocycles. The van der Waals surface area contributed by atoms with Crippen molar-refractivity contribution in [2.24, 2.45) is 0 Å². The van der Waals surface area contributed by atoms with Gasteiger partial charge in [-0.15, -0.1) is 0 Å². The topological polar surface area (TPSA) is 30.5 Å². The molecule has 0 spiro atoms. The predicted octanol–water partition coefficient (Wildman–Crippen LogP) is 3.94. The zero-order chi connectivity index (χ0) is 14.8. The molecule has 2 aromatic carbocycles. The van der Waals surface area contributed by atoms with Crippen LogP contribution in [-0.4, -0.2) is 20.3 Å². The molecule has 21 heavy (non-hydrogen) atoms. The van der Waals surface area contributed by atoms with Crippen molar-refractivity contribution in [2.75, 3.05) is 19.5 Å². The highest BCUT2D eigenvalue weighted by Crippen LogP contribution is 2.37. The summed E-state index contributed by atoms with van der Waals surface area (Å²) in [6.45, 7) is 0. The fraction of sp³-hybridized carbons (Fsp3) is 0.294. The van der Waals surface area contributed by atoms with Crippen LogP contribution in [0.1, 0.15) is 11.1 Å². The summed E-state index contributed by atoms with van der Waals surface area (Å²) in [5, 5.41) is 4.10. The van der Waals surface area contributed by atoms with E-state index in [0.29, 0.717) is 16.8 Å². The van der Waals surface area contributed by atoms with Crippen molar-refractivity contribution in [2.45, 2.75) is 18.9 Å². The molecule has 0 saturated heterocycles. The molecule has 1 aliphatic rings. The van der Waals surface area contributed by atoms with Crippen molar-refractivity contribution < 1.29 is 9.47 Å². The Hall–Kier alpha value is -1.87. The Balaban J connectivity index is 1.83. The van der Waals surface area contributed by atoms with Crippen molar-refractivity contribution in [3.63, 3.8) is 0 Å². The monoisotopic (exact) mass is 303 g/mol. The van der Waals surface area contributed by atoms with Crippen LogP contribution in [0.3, 0.4) is 0 Å². The maximum absolute atomic E-state index is 6.14. The van der Waals surface area contributed by atoms with E-state index in [-0.39, 0.29) is 0 Å². The highest BCUT2D eigenvalue weighted by atomic mass is 35.5. The molecule has 0 amide bonds. The lowest BCUT2D eigenvalue weighted by atomic mass is 10.1. The molecule has 0 saturated carbocycles. The Morgan fingerprint density at radius 3 is 2.19 bits per heavy atom. The number of hydrogen-bond donors (Lipinski definition) is 1. The summed E-state index contributed by atoms with van der Waals surface area (Å²) in [6.07, 6.45) is 2.04. The van der Waals surface area contributed by atoms with Gasteiger partial charge in [0.1, 0.15) is 11.5 Å². The number of ether oxygens (including phenoxy) is 2. The molecule has 4 heteroatoms. The fourth-order valence-corrected chi connectivity index (χ4v) is 3.08. The maximum atomic E-state index is 6.14. The van der Waals surface area contributed by atoms with Gasteiger partial charge in [0.2, 0.25) is 0 Å². The second-order valence-electron chi connectivity index (χ2n) is 5.21. The molecular formula is C17H18ClNO2. The van der Waals surface area contributed by atoms with Crippen LogP contribution in [0.25, 0.3) is 0 Å². The van der Waals surface area contributed by atoms with Crippen molar-refractivity contribution >= 4 is 17.3 Å². The standard InChI is InChI=1S/C17H18ClNO2/c1-20-16-10-15(17(21-2)9-14(16)18)19-13-7-11-5-3-4-6-12(11)8-13/h3-6,9-10,13,19H,7-8H2,1-2H3. The molecule has 0 fully saturated rings. The number of nitrogens with one attached hydrogen (secondary N) is 1. The lowest BCUT2D eigenvalue weighted by Gasteiger charge is -2.18. The first-order valence-electron chi connectivity index (χ1n) is 6.96. The molecular weight excluding hydrogens is 286 g/mol. The number of anilines is 1. The van der Waals surface area contributed by atoms with E-state index in [1.54, 1.807) is 20.3 Å². The smallest absolute Gasteiger partial charge is 0.143 e. The highest BCUT2D eigenvalue weighted by molar-refractivity contribution is 6.32. The fourth-order valence-electron chi connectivity index (χ4n) is 2.85. The van der Waals surface area contributed by atoms with Crippen LogP contribution in [0, 0.1) is 0 Å². The Kier molecular flexibility index (Phi) is 3.93. The zero-order valence-corrected chi connectivity index (χ0v) is 12.9. The van der Waals surface area contributed by atoms with Gasteiger partial charge in [0.05, 0.1) is 24.9 Å². The SMILES string of the molecule is COc1cc(NC2Cc3ccccc3C2)c(OC)cc1Cl. The van der Waals surface area contributed by atoms with Gasteiger partial charge in [-0.25, -0.2) is 0 Å². The summed E-state index contributed by atoms with van der Waals surface area (Å²) in [5.74, 6) is 1.38. The van der Waals surface area contributed by atoms with Gasteiger partial charge in [0, 0.05) is 18.2 Å². The third-order valence-electron chi connectivity index (χ3n) is 3.88. The average molecular weight is 304 g/mol. The zero-order valence-electron chi connectivity index (χ0n) is 12.2. The number of halogens is 1. The van der Waals surface area contributed by atoms with E-state index < -0.39 is 0 Å². The second-order valence-corrected chi connectivity index (χ2v) is 5.61. The molecule has 2 aromatic rings. The van der Waals surface area contributed by atoms with Gasteiger partial charge >= 0.3 is 0 Å². The molecule has 0 aromatic heterocycles. The van der Waals surface area contributed by atoms with Crippen molar-refractivity contribution in [1.29, 1.82) is 0 Å². The van der Waals surface area contributed by atoms with E-state index in [4.69, 9.17) is 21.1 Å². The number of benzene rings is 2. The largest absolute Gasteiger partial charge is 0.495 e. The van der Waals surface area contributed by atoms with Crippen LogP contribution in [0.2, 0.25) is 5.02 Å². The molecule has 0 unspecified atom stereocenters. The van der Waals surface area contributed by atoms with Gasteiger partial charge in [-0.2, -0.15) is 0 Å². The van der Waals surface area contributed by atoms with Crippen LogP contribution in [0.4, 0.5) is 5.69 Å². The number of hydrogen-bond acceptors (Lipinski definition) is 3. The van der Waals surface area contributed by atoms with E-state index in [0.717, 1.165) is 24.3 Å². The lowest BCUT2D eigenvalue weighted by Crippen LogP contribution is -2.19. The number of fused-ring (bicyclic) bond motifs is 1. The van der Waals surface area contributed by atoms with Gasteiger partial charge in [0.15, 0.2) is 0 Å². The van der Waals surface area contributed by atoms with E-state index in [1.165, 1.54) is 11.1 Å². The van der Waals surface area contributed by atoms with Crippen molar-refractivity contribution in [3.8, 4) is 11.5 Å². The predicted molar refractivity (Wildman–Crippen MR) is 85.8 cm³/mol. The van der Waals surface area contributed by atoms with Crippen molar-refractivity contribution in [3.05, 3.63) is 52.5 Å². The van der Waals surface area contributed by atoms with Gasteiger partial charge in [-0.3, -0.25) is 0 Å². The summed E-state index contributed by atoms with van der Waals surface area (Å²) in [4.78, 5) is 0. The summed E-state index contributed by atoms with van der Waals surface area (Å²) < 4.78 is 10.7. The van der Waals surface area contributed by atoms with Crippen LogP contribution in [-0.2, 0) is 12.8 Å². The minimum atomic E-state index is 0.363. The van der Waals surface area contributed by atoms with Gasteiger partial charge in [-0.1, -0.05) is 35.9 Å². The van der Waals surface area contributed by atoms with E-state index >= 15 is 0 Å². The second kappa shape index (κ2) is 5.86. The van der Waals surface area contributed by atoms with E-state index in [2.05, 4.69) is 29.6 Å². The third-order valence-corrected chi connectivity index (χ3v) is 4.18. The minimum Gasteiger partial charge on any atom is -0.495 e. The van der Waals surface area contributed by atoms with Crippen molar-refractivity contribution in [1.82, 2.24) is 0 Å². The van der Waals surface area contributed by atoms with Crippen LogP contribution < -0.4 is 14.8 Å². The summed E-state index contributed by atoms with van der Waals surface area (Å²) >= 11 is 6.14. The molecule has 1 aliphatic carbocycles. The first-order valence-corrected chi connectivity index (χ1v) is 7.34. The Morgan fingerprint density at radius 1 is 1.00 bits per heavy atom. The average Bonchev–Trinajstić information content (AvgIpc) is 2.90. The molecule has 0 radical (unpaired) electrons. The van der Waals surface area contributed by atoms with Crippen LogP contribution >= 0.6 is 11.6 Å². The third kappa shape index (κ3) is 2.79. The quantitative estimate of drug-likeness (QED) is 0.928. The normalized spacial score (nSPS) is 13.9. The summed E-state index contributed by atoms with van der Waals surface area (Å²) in [5.41, 5.74) is 3.74. The number of rotatable bonds is 4. The first kappa shape index (κ1) is 14.1. The summed E-state index contributed by atoms with van der Waals surface area (Å²) in [7, 11) is 3.26. The van der Waals surface area contributed by atoms with E-state index in [1.807, 2.05) is 6.07 Å². The molecule has 3 nitrogen and oxygen atoms in total. The first-order chi connectivity index (χ1) is 10.2. The van der Waals surface area contributed by atoms with Crippen LogP contribution in [0.5, 0.6) is 11.5 Å². The molecule has 0 aliphatic heterocycles. The molecule has 1 N–H and O–H groups in total. The van der Waals surface area contributed by atoms with Gasteiger partial charge in [-0.05, 0) is 24.0 Å². The number of methoxy groups -OCH3 is 2. The minimum absolute atomic E-state index is 0.363. The Labute approximate surface area is 129 Å². The lowest BCUT2D eigenvalue weighted by molar-refractivity contribution is 0.404. The highest BCUT2D eigenvalue weighted by Gasteiger charge is 2.22. The molecule has 3 rings (SSSR count). The van der Waals surface area contributed by atoms with Crippen LogP contribution in [0.15, 0.2) is 36.4 Å². The maximum Gasteiger partial charge on any atom is 0.143 e. The molecule has 0 atom stereocenters. The Bertz CT molecular complexity index is 632. The molecule has 110 valence electrons.